The highest BCUT2D eigenvalue weighted by molar-refractivity contribution is 9.10. The van der Waals surface area contributed by atoms with Gasteiger partial charge in [0, 0.05) is 10.5 Å². The van der Waals surface area contributed by atoms with E-state index in [2.05, 4.69) is 31.4 Å². The molecular formula is C13H13BrF3N3O. The van der Waals surface area contributed by atoms with Crippen LogP contribution in [-0.4, -0.2) is 22.4 Å². The lowest BCUT2D eigenvalue weighted by Gasteiger charge is -2.14. The number of alkyl halides is 3. The van der Waals surface area contributed by atoms with E-state index < -0.39 is 18.6 Å². The average Bonchev–Trinajstić information content (AvgIpc) is 2.83. The van der Waals surface area contributed by atoms with Gasteiger partial charge >= 0.3 is 6.18 Å². The third-order valence-corrected chi connectivity index (χ3v) is 3.40. The Kier molecular flexibility index (Phi) is 5.00. The van der Waals surface area contributed by atoms with E-state index in [0.717, 1.165) is 10.0 Å². The lowest BCUT2D eigenvalue weighted by Crippen LogP contribution is -2.30. The Hall–Kier alpha value is -1.41. The van der Waals surface area contributed by atoms with Crippen molar-refractivity contribution in [3.8, 4) is 11.5 Å². The monoisotopic (exact) mass is 363 g/mol. The number of rotatable bonds is 5. The van der Waals surface area contributed by atoms with Gasteiger partial charge in [-0.05, 0) is 35.0 Å². The average molecular weight is 364 g/mol. The summed E-state index contributed by atoms with van der Waals surface area (Å²) in [6.07, 6.45) is -5.10. The van der Waals surface area contributed by atoms with Gasteiger partial charge in [0.05, 0.1) is 18.5 Å². The van der Waals surface area contributed by atoms with Gasteiger partial charge in [0.15, 0.2) is 0 Å². The van der Waals surface area contributed by atoms with E-state index in [1.165, 1.54) is 6.92 Å². The van der Waals surface area contributed by atoms with E-state index >= 15 is 0 Å². The summed E-state index contributed by atoms with van der Waals surface area (Å²) in [6.45, 7) is 1.55. The van der Waals surface area contributed by atoms with Crippen molar-refractivity contribution in [1.29, 1.82) is 0 Å². The largest absolute Gasteiger partial charge is 0.419 e. The van der Waals surface area contributed by atoms with Crippen molar-refractivity contribution in [3.05, 3.63) is 34.6 Å². The first kappa shape index (κ1) is 16.0. The quantitative estimate of drug-likeness (QED) is 0.874. The first-order valence-corrected chi connectivity index (χ1v) is 7.02. The van der Waals surface area contributed by atoms with Crippen molar-refractivity contribution < 1.29 is 17.6 Å². The van der Waals surface area contributed by atoms with E-state index in [9.17, 15) is 13.2 Å². The predicted molar refractivity (Wildman–Crippen MR) is 74.4 cm³/mol. The smallest absolute Gasteiger partial charge is 0.390 e. The molecule has 2 rings (SSSR count). The molecule has 1 aromatic carbocycles. The normalized spacial score (nSPS) is 13.4. The summed E-state index contributed by atoms with van der Waals surface area (Å²) < 4.78 is 42.9. The van der Waals surface area contributed by atoms with Gasteiger partial charge in [0.1, 0.15) is 0 Å². The molecule has 2 aromatic rings. The van der Waals surface area contributed by atoms with E-state index in [-0.39, 0.29) is 12.4 Å². The van der Waals surface area contributed by atoms with Crippen molar-refractivity contribution >= 4 is 15.9 Å². The summed E-state index contributed by atoms with van der Waals surface area (Å²) in [7, 11) is 0. The minimum atomic E-state index is -4.19. The molecule has 1 heterocycles. The Balaban J connectivity index is 1.97. The van der Waals surface area contributed by atoms with Gasteiger partial charge in [-0.15, -0.1) is 10.2 Å². The van der Waals surface area contributed by atoms with Gasteiger partial charge in [-0.1, -0.05) is 12.1 Å². The Bertz CT molecular complexity index is 600. The van der Waals surface area contributed by atoms with Crippen LogP contribution in [-0.2, 0) is 6.54 Å². The molecule has 1 unspecified atom stereocenters. The summed E-state index contributed by atoms with van der Waals surface area (Å²) in [5, 5.41) is 10.4. The second kappa shape index (κ2) is 6.57. The van der Waals surface area contributed by atoms with E-state index in [0.29, 0.717) is 5.89 Å². The van der Waals surface area contributed by atoms with Crippen molar-refractivity contribution in [1.82, 2.24) is 15.5 Å². The molecule has 0 aliphatic heterocycles. The molecule has 114 valence electrons. The minimum absolute atomic E-state index is 0.0920. The highest BCUT2D eigenvalue weighted by Gasteiger charge is 2.29. The Morgan fingerprint density at radius 1 is 1.29 bits per heavy atom. The standard InChI is InChI=1S/C13H13BrF3N3O/c1-8(6-13(15,16)17)18-7-11-19-20-12(21-11)9-4-2-3-5-10(9)14/h2-5,8,18H,6-7H2,1H3. The summed E-state index contributed by atoms with van der Waals surface area (Å²) in [5.74, 6) is 0.567. The van der Waals surface area contributed by atoms with Crippen LogP contribution in [0, 0.1) is 0 Å². The van der Waals surface area contributed by atoms with Crippen molar-refractivity contribution in [2.24, 2.45) is 0 Å². The molecular weight excluding hydrogens is 351 g/mol. The number of hydrogen-bond donors (Lipinski definition) is 1. The van der Waals surface area contributed by atoms with Gasteiger partial charge in [0.2, 0.25) is 11.8 Å². The fraction of sp³-hybridized carbons (Fsp3) is 0.385. The molecule has 0 amide bonds. The molecule has 0 saturated heterocycles. The molecule has 21 heavy (non-hydrogen) atoms. The third-order valence-electron chi connectivity index (χ3n) is 2.71. The molecule has 0 saturated carbocycles. The fourth-order valence-electron chi connectivity index (χ4n) is 1.75. The minimum Gasteiger partial charge on any atom is -0.419 e. The molecule has 4 nitrogen and oxygen atoms in total. The highest BCUT2D eigenvalue weighted by atomic mass is 79.9. The second-order valence-corrected chi connectivity index (χ2v) is 5.44. The number of hydrogen-bond acceptors (Lipinski definition) is 4. The van der Waals surface area contributed by atoms with Crippen LogP contribution in [0.5, 0.6) is 0 Å². The van der Waals surface area contributed by atoms with Crippen molar-refractivity contribution in [2.45, 2.75) is 32.1 Å². The predicted octanol–water partition coefficient (Wildman–Crippen LogP) is 3.93. The fourth-order valence-corrected chi connectivity index (χ4v) is 2.20. The molecule has 1 N–H and O–H groups in total. The van der Waals surface area contributed by atoms with Crippen molar-refractivity contribution in [3.63, 3.8) is 0 Å². The highest BCUT2D eigenvalue weighted by Crippen LogP contribution is 2.26. The SMILES string of the molecule is CC(CC(F)(F)F)NCc1nnc(-c2ccccc2Br)o1. The zero-order valence-corrected chi connectivity index (χ0v) is 12.7. The van der Waals surface area contributed by atoms with Crippen LogP contribution in [0.4, 0.5) is 13.2 Å². The summed E-state index contributed by atoms with van der Waals surface area (Å²) in [6, 6.07) is 6.60. The van der Waals surface area contributed by atoms with E-state index in [4.69, 9.17) is 4.42 Å². The van der Waals surface area contributed by atoms with Crippen LogP contribution in [0.25, 0.3) is 11.5 Å². The maximum absolute atomic E-state index is 12.2. The Morgan fingerprint density at radius 2 is 2.00 bits per heavy atom. The molecule has 8 heteroatoms. The van der Waals surface area contributed by atoms with Gasteiger partial charge in [-0.2, -0.15) is 13.2 Å². The van der Waals surface area contributed by atoms with Crippen molar-refractivity contribution in [2.75, 3.05) is 0 Å². The summed E-state index contributed by atoms with van der Waals surface area (Å²) in [4.78, 5) is 0. The van der Waals surface area contributed by atoms with E-state index in [1.54, 1.807) is 6.07 Å². The Morgan fingerprint density at radius 3 is 2.67 bits per heavy atom. The molecule has 1 atom stereocenters. The number of halogens is 4. The molecule has 0 radical (unpaired) electrons. The van der Waals surface area contributed by atoms with E-state index in [1.807, 2.05) is 18.2 Å². The molecule has 0 spiro atoms. The Labute approximate surface area is 127 Å². The third kappa shape index (κ3) is 4.82. The number of nitrogens with zero attached hydrogens (tertiary/aromatic N) is 2. The number of aromatic nitrogens is 2. The topological polar surface area (TPSA) is 51.0 Å². The van der Waals surface area contributed by atoms with Crippen LogP contribution >= 0.6 is 15.9 Å². The first-order valence-electron chi connectivity index (χ1n) is 6.22. The lowest BCUT2D eigenvalue weighted by atomic mass is 10.2. The zero-order valence-electron chi connectivity index (χ0n) is 11.1. The van der Waals surface area contributed by atoms with Crippen LogP contribution in [0.2, 0.25) is 0 Å². The maximum atomic E-state index is 12.2. The molecule has 0 aliphatic carbocycles. The zero-order chi connectivity index (χ0) is 15.5. The molecule has 0 fully saturated rings. The molecule has 0 bridgehead atoms. The summed E-state index contributed by atoms with van der Waals surface area (Å²) >= 11 is 3.37. The van der Waals surface area contributed by atoms with Crippen LogP contribution in [0.3, 0.4) is 0 Å². The molecule has 0 aliphatic rings. The number of nitrogens with one attached hydrogen (secondary N) is 1. The van der Waals surface area contributed by atoms with Gasteiger partial charge < -0.3 is 9.73 Å². The van der Waals surface area contributed by atoms with Gasteiger partial charge in [-0.25, -0.2) is 0 Å². The maximum Gasteiger partial charge on any atom is 0.390 e. The van der Waals surface area contributed by atoms with Crippen LogP contribution in [0.1, 0.15) is 19.2 Å². The lowest BCUT2D eigenvalue weighted by molar-refractivity contribution is -0.139. The van der Waals surface area contributed by atoms with Gasteiger partial charge in [-0.3, -0.25) is 0 Å². The summed E-state index contributed by atoms with van der Waals surface area (Å²) in [5.41, 5.74) is 0.736. The van der Waals surface area contributed by atoms with Crippen LogP contribution in [0.15, 0.2) is 33.2 Å². The van der Waals surface area contributed by atoms with Crippen LogP contribution < -0.4 is 5.32 Å². The number of benzene rings is 1. The molecule has 1 aromatic heterocycles. The van der Waals surface area contributed by atoms with Gasteiger partial charge in [0.25, 0.3) is 0 Å². The second-order valence-electron chi connectivity index (χ2n) is 4.58. The first-order chi connectivity index (χ1) is 9.85.